The first-order valence-corrected chi connectivity index (χ1v) is 15.5. The van der Waals surface area contributed by atoms with Crippen molar-refractivity contribution >= 4 is 17.8 Å². The number of amides is 2. The van der Waals surface area contributed by atoms with Crippen molar-refractivity contribution in [3.05, 3.63) is 108 Å². The summed E-state index contributed by atoms with van der Waals surface area (Å²) in [5.41, 5.74) is 5.13. The number of benzene rings is 3. The van der Waals surface area contributed by atoms with Gasteiger partial charge in [-0.1, -0.05) is 66.7 Å². The van der Waals surface area contributed by atoms with E-state index in [0.29, 0.717) is 38.3 Å². The minimum Gasteiger partial charge on any atom is -0.489 e. The molecule has 0 saturated carbocycles. The van der Waals surface area contributed by atoms with Gasteiger partial charge in [0.2, 0.25) is 11.8 Å². The molecule has 0 aliphatic carbocycles. The van der Waals surface area contributed by atoms with E-state index in [2.05, 4.69) is 34.7 Å². The molecule has 2 heterocycles. The summed E-state index contributed by atoms with van der Waals surface area (Å²) in [5, 5.41) is 16.7. The second kappa shape index (κ2) is 15.2. The Morgan fingerprint density at radius 3 is 2.24 bits per heavy atom. The molecule has 3 aromatic carbocycles. The van der Waals surface area contributed by atoms with Gasteiger partial charge in [0.15, 0.2) is 0 Å². The highest BCUT2D eigenvalue weighted by atomic mass is 16.5. The standard InChI is InChI=1S/C36H40N4O5/c1-39-24-31(23-37-39)30-12-7-26(8-13-30)11-16-35(42)40-19-17-28(18-20-40)22-34(41)38-33(36(43)44)21-27-9-14-32(15-10-27)45-25-29-5-3-2-4-6-29/h2-10,12-15,23-24,28,33H,11,16-22,25H2,1H3,(H,38,41)(H,43,44). The topological polar surface area (TPSA) is 114 Å². The Kier molecular flexibility index (Phi) is 10.6. The molecule has 9 heteroatoms. The first-order chi connectivity index (χ1) is 21.8. The van der Waals surface area contributed by atoms with Crippen LogP contribution in [0.15, 0.2) is 91.3 Å². The van der Waals surface area contributed by atoms with Crippen molar-refractivity contribution in [1.29, 1.82) is 0 Å². The number of piperidine rings is 1. The van der Waals surface area contributed by atoms with Gasteiger partial charge in [-0.2, -0.15) is 5.10 Å². The molecule has 2 N–H and O–H groups in total. The van der Waals surface area contributed by atoms with Gasteiger partial charge in [-0.15, -0.1) is 0 Å². The van der Waals surface area contributed by atoms with E-state index in [1.807, 2.05) is 78.9 Å². The number of aliphatic carboxylic acids is 1. The van der Waals surface area contributed by atoms with E-state index in [1.54, 1.807) is 4.68 Å². The molecule has 234 valence electrons. The average Bonchev–Trinajstić information content (AvgIpc) is 3.50. The molecule has 1 atom stereocenters. The Balaban J connectivity index is 1.02. The summed E-state index contributed by atoms with van der Waals surface area (Å²) in [7, 11) is 1.89. The molecular formula is C36H40N4O5. The number of ether oxygens (including phenoxy) is 1. The summed E-state index contributed by atoms with van der Waals surface area (Å²) >= 11 is 0. The molecule has 0 bridgehead atoms. The number of nitrogens with zero attached hydrogens (tertiary/aromatic N) is 3. The van der Waals surface area contributed by atoms with Crippen molar-refractivity contribution in [2.75, 3.05) is 13.1 Å². The van der Waals surface area contributed by atoms with Gasteiger partial charge in [-0.25, -0.2) is 4.79 Å². The number of carboxylic acids is 1. The lowest BCUT2D eigenvalue weighted by molar-refractivity contribution is -0.142. The number of nitrogens with one attached hydrogen (secondary N) is 1. The molecule has 5 rings (SSSR count). The monoisotopic (exact) mass is 608 g/mol. The Morgan fingerprint density at radius 2 is 1.60 bits per heavy atom. The molecule has 2 amide bonds. The first-order valence-electron chi connectivity index (χ1n) is 15.5. The number of likely N-dealkylation sites (tertiary alicyclic amines) is 1. The summed E-state index contributed by atoms with van der Waals surface area (Å²) in [6.07, 6.45) is 6.80. The van der Waals surface area contributed by atoms with Crippen molar-refractivity contribution < 1.29 is 24.2 Å². The van der Waals surface area contributed by atoms with E-state index in [4.69, 9.17) is 4.74 Å². The molecule has 9 nitrogen and oxygen atoms in total. The Labute approximate surface area is 263 Å². The minimum atomic E-state index is -1.07. The fraction of sp³-hybridized carbons (Fsp3) is 0.333. The zero-order valence-corrected chi connectivity index (χ0v) is 25.6. The smallest absolute Gasteiger partial charge is 0.326 e. The van der Waals surface area contributed by atoms with Gasteiger partial charge in [0.05, 0.1) is 6.20 Å². The quantitative estimate of drug-likeness (QED) is 0.220. The van der Waals surface area contributed by atoms with Gasteiger partial charge in [-0.3, -0.25) is 14.3 Å². The third-order valence-electron chi connectivity index (χ3n) is 8.31. The zero-order chi connectivity index (χ0) is 31.6. The van der Waals surface area contributed by atoms with E-state index in [-0.39, 0.29) is 30.6 Å². The van der Waals surface area contributed by atoms with Crippen molar-refractivity contribution in [3.63, 3.8) is 0 Å². The van der Waals surface area contributed by atoms with Crippen molar-refractivity contribution in [3.8, 4) is 16.9 Å². The van der Waals surface area contributed by atoms with Crippen molar-refractivity contribution in [2.24, 2.45) is 13.0 Å². The van der Waals surface area contributed by atoms with E-state index >= 15 is 0 Å². The maximum atomic E-state index is 12.9. The summed E-state index contributed by atoms with van der Waals surface area (Å²) in [5.74, 6) is -0.412. The second-order valence-corrected chi connectivity index (χ2v) is 11.7. The van der Waals surface area contributed by atoms with Gasteiger partial charge in [-0.05, 0) is 59.6 Å². The highest BCUT2D eigenvalue weighted by Crippen LogP contribution is 2.23. The zero-order valence-electron chi connectivity index (χ0n) is 25.6. The van der Waals surface area contributed by atoms with Crippen molar-refractivity contribution in [1.82, 2.24) is 20.0 Å². The molecule has 0 spiro atoms. The van der Waals surface area contributed by atoms with E-state index < -0.39 is 12.0 Å². The van der Waals surface area contributed by atoms with Gasteiger partial charge >= 0.3 is 5.97 Å². The molecule has 1 unspecified atom stereocenters. The normalized spacial score (nSPS) is 14.1. The molecule has 1 aliphatic rings. The lowest BCUT2D eigenvalue weighted by atomic mass is 9.92. The van der Waals surface area contributed by atoms with E-state index in [9.17, 15) is 19.5 Å². The van der Waals surface area contributed by atoms with Crippen LogP contribution < -0.4 is 10.1 Å². The SMILES string of the molecule is Cn1cc(-c2ccc(CCC(=O)N3CCC(CC(=O)NC(Cc4ccc(OCc5ccccc5)cc4)C(=O)O)CC3)cc2)cn1. The highest BCUT2D eigenvalue weighted by molar-refractivity contribution is 5.84. The molecule has 45 heavy (non-hydrogen) atoms. The summed E-state index contributed by atoms with van der Waals surface area (Å²) in [6.45, 7) is 1.67. The third kappa shape index (κ3) is 9.28. The number of hydrogen-bond donors (Lipinski definition) is 2. The number of carbonyl (C=O) groups is 3. The third-order valence-corrected chi connectivity index (χ3v) is 8.31. The molecule has 4 aromatic rings. The summed E-state index contributed by atoms with van der Waals surface area (Å²) in [4.78, 5) is 39.5. The molecule has 0 radical (unpaired) electrons. The van der Waals surface area contributed by atoms with Crippen LogP contribution in [0.5, 0.6) is 5.75 Å². The van der Waals surface area contributed by atoms with Gasteiger partial charge in [0.1, 0.15) is 18.4 Å². The van der Waals surface area contributed by atoms with Gasteiger partial charge < -0.3 is 20.1 Å². The van der Waals surface area contributed by atoms with Crippen LogP contribution >= 0.6 is 0 Å². The van der Waals surface area contributed by atoms with Crippen LogP contribution in [0.2, 0.25) is 0 Å². The van der Waals surface area contributed by atoms with E-state index in [1.165, 1.54) is 0 Å². The molecule has 1 fully saturated rings. The number of carbonyl (C=O) groups excluding carboxylic acids is 2. The maximum absolute atomic E-state index is 12.9. The molecular weight excluding hydrogens is 568 g/mol. The van der Waals surface area contributed by atoms with Crippen LogP contribution in [-0.4, -0.2) is 56.7 Å². The Morgan fingerprint density at radius 1 is 0.911 bits per heavy atom. The maximum Gasteiger partial charge on any atom is 0.326 e. The van der Waals surface area contributed by atoms with Crippen LogP contribution in [0.3, 0.4) is 0 Å². The van der Waals surface area contributed by atoms with E-state index in [0.717, 1.165) is 40.7 Å². The predicted octanol–water partition coefficient (Wildman–Crippen LogP) is 5.04. The number of carboxylic acid groups (broad SMARTS) is 1. The number of hydrogen-bond acceptors (Lipinski definition) is 5. The van der Waals surface area contributed by atoms with Gasteiger partial charge in [0, 0.05) is 51.2 Å². The summed E-state index contributed by atoms with van der Waals surface area (Å²) < 4.78 is 7.58. The molecule has 1 aromatic heterocycles. The fourth-order valence-corrected chi connectivity index (χ4v) is 5.64. The number of aromatic nitrogens is 2. The highest BCUT2D eigenvalue weighted by Gasteiger charge is 2.26. The Hall–Kier alpha value is -4.92. The first kappa shape index (κ1) is 31.5. The lowest BCUT2D eigenvalue weighted by Gasteiger charge is -2.32. The molecule has 1 aliphatic heterocycles. The fourth-order valence-electron chi connectivity index (χ4n) is 5.64. The van der Waals surface area contributed by atoms with Crippen LogP contribution in [0.4, 0.5) is 0 Å². The minimum absolute atomic E-state index is 0.115. The lowest BCUT2D eigenvalue weighted by Crippen LogP contribution is -2.44. The second-order valence-electron chi connectivity index (χ2n) is 11.7. The predicted molar refractivity (Wildman–Crippen MR) is 171 cm³/mol. The molecule has 1 saturated heterocycles. The summed E-state index contributed by atoms with van der Waals surface area (Å²) in [6, 6.07) is 24.3. The van der Waals surface area contributed by atoms with Crippen LogP contribution in [0.25, 0.3) is 11.1 Å². The number of rotatable bonds is 13. The average molecular weight is 609 g/mol. The van der Waals surface area contributed by atoms with Crippen LogP contribution in [0.1, 0.15) is 42.4 Å². The number of aryl methyl sites for hydroxylation is 2. The Bertz CT molecular complexity index is 1560. The van der Waals surface area contributed by atoms with Crippen LogP contribution in [-0.2, 0) is 40.9 Å². The van der Waals surface area contributed by atoms with Gasteiger partial charge in [0.25, 0.3) is 0 Å². The largest absolute Gasteiger partial charge is 0.489 e. The van der Waals surface area contributed by atoms with Crippen molar-refractivity contribution in [2.45, 2.75) is 51.2 Å². The van der Waals surface area contributed by atoms with Crippen LogP contribution in [0, 0.1) is 5.92 Å².